The van der Waals surface area contributed by atoms with Gasteiger partial charge in [-0.2, -0.15) is 8.62 Å². The molecule has 4 fully saturated rings. The minimum absolute atomic E-state index is 0. The number of nitrogens with zero attached hydrogens (tertiary/aromatic N) is 2. The smallest absolute Gasteiger partial charge is 0.862 e. The second-order valence-corrected chi connectivity index (χ2v) is 23.3. The molecule has 5 rings (SSSR count). The molecule has 5 heterocycles. The van der Waals surface area contributed by atoms with E-state index in [-0.39, 0.29) is 54.7 Å². The molecule has 470 valence electrons. The van der Waals surface area contributed by atoms with Gasteiger partial charge in [0.15, 0.2) is 12.6 Å². The summed E-state index contributed by atoms with van der Waals surface area (Å²) in [5.41, 5.74) is -2.22. The molecule has 42 heteroatoms. The van der Waals surface area contributed by atoms with E-state index < -0.39 is 201 Å². The fraction of sp³-hybridized carbons (Fsp3) is 0.780. The summed E-state index contributed by atoms with van der Waals surface area (Å²) in [6.45, 7) is -3.11. The number of carbonyl (C=O) groups excluding carboxylic acids is 1. The fourth-order valence-electron chi connectivity index (χ4n) is 8.78. The van der Waals surface area contributed by atoms with Gasteiger partial charge in [-0.25, -0.2) is 23.3 Å². The molecule has 0 saturated carbocycles. The normalized spacial score (nSPS) is 34.8. The number of unbranched alkanes of at least 4 members (excludes halogenated alkanes) is 3. The molecule has 4 aliphatic rings. The van der Waals surface area contributed by atoms with Crippen LogP contribution in [0.15, 0.2) is 26.9 Å². The third-order valence-corrected chi connectivity index (χ3v) is 16.6. The molecule has 0 aromatic carbocycles. The van der Waals surface area contributed by atoms with Gasteiger partial charge < -0.3 is 124 Å². The summed E-state index contributed by atoms with van der Waals surface area (Å²) in [5, 5.41) is 142. The van der Waals surface area contributed by atoms with Crippen LogP contribution < -0.4 is 51.2 Å². The predicted molar refractivity (Wildman–Crippen MR) is 259 cm³/mol. The van der Waals surface area contributed by atoms with Gasteiger partial charge in [-0.15, -0.1) is 0 Å². The number of nitrogens with one attached hydrogen (secondary N) is 2. The second kappa shape index (κ2) is 31.6. The molecule has 2 unspecified atom stereocenters. The van der Waals surface area contributed by atoms with Crippen LogP contribution >= 0.6 is 23.5 Å². The van der Waals surface area contributed by atoms with Gasteiger partial charge in [-0.05, 0) is 31.7 Å². The van der Waals surface area contributed by atoms with Crippen LogP contribution in [0, 0.1) is 0 Å². The number of aliphatic hydroxyl groups is 11. The molecular weight excluding hydrogens is 1210 g/mol. The van der Waals surface area contributed by atoms with E-state index in [9.17, 15) is 109 Å². The Labute approximate surface area is 490 Å². The SMILES string of the molecule is CC([O-])=N[C@@H]1[C@H]([C@H](O)[C@H](O)CO)O[C@@](O[C@H]2[C@@H](O)[C@@H](CO)O[C@@H](O[C@H]3[C@H](O)[C@@H](O)[C@H](OCCCCCCNC(=O)/C=C/c4cn([C@H]5C[C@H](O)[C@@H](COP(=O)(O)OP(=O)(O)OP(=O)(O)O)O5)c(=O)[nH]c4=O)O[C@@H]3CO)[C@@H]2O)(C(=O)O)C[C@@H]1O.[Na+]. The van der Waals surface area contributed by atoms with Crippen LogP contribution in [0.3, 0.4) is 0 Å². The van der Waals surface area contributed by atoms with Crippen LogP contribution in [0.25, 0.3) is 6.08 Å². The van der Waals surface area contributed by atoms with Gasteiger partial charge in [0.05, 0.1) is 44.2 Å². The standard InChI is InChI=1S/C41H67N4O34P3.Na/c1-17(49)43-27-20(51)11-41(39(60)61,76-34(27)28(54)21(52)13-46)77-35-29(55)22(14-47)73-38(32(35)58)75-33-23(15-48)74-37(31(57)30(33)56)70-9-5-3-2-4-8-42-25(53)7-6-18-12-45(40(62)44-36(18)59)26-10-19(50)24(72-26)16-71-81(66,67)79-82(68,69)78-80(63,64)65;/h6-7,12,19-24,26-35,37-38,46-48,50-52,54-58H,2-5,8-11,13-16H2,1H3,(H,42,53)(H,43,49)(H,60,61)(H,66,67)(H,68,69)(H,44,59,62)(H2,63,64,65);/q;+1/p-1/b7-6+;/t19-,20-,21+,22+,23+,24+,26+,27-,28+,29-,30+,31+,32+,33+,34+,35-,37+,38-,41-;/m0./s1. The third kappa shape index (κ3) is 20.0. The number of hydrogen-bond donors (Lipinski definition) is 18. The number of aliphatic imine (C=N–C) groups is 1. The number of rotatable bonds is 29. The van der Waals surface area contributed by atoms with E-state index >= 15 is 0 Å². The Kier molecular flexibility index (Phi) is 27.8. The van der Waals surface area contributed by atoms with E-state index in [1.807, 2.05) is 4.98 Å². The van der Waals surface area contributed by atoms with Gasteiger partial charge in [0, 0.05) is 38.3 Å². The number of carbonyl (C=O) groups is 2. The van der Waals surface area contributed by atoms with Crippen molar-refractivity contribution in [3.05, 3.63) is 38.7 Å². The summed E-state index contributed by atoms with van der Waals surface area (Å²) in [6.07, 6.45) is -28.6. The minimum atomic E-state index is -5.84. The molecule has 4 aliphatic heterocycles. The number of carboxylic acid groups (broad SMARTS) is 1. The number of H-pyrrole nitrogens is 1. The number of carboxylic acids is 1. The van der Waals surface area contributed by atoms with Crippen LogP contribution in [0.4, 0.5) is 0 Å². The third-order valence-electron chi connectivity index (χ3n) is 12.8. The number of phosphoric ester groups is 1. The summed E-state index contributed by atoms with van der Waals surface area (Å²) in [7, 11) is -17.1. The van der Waals surface area contributed by atoms with E-state index in [4.69, 9.17) is 42.9 Å². The molecule has 83 heavy (non-hydrogen) atoms. The summed E-state index contributed by atoms with van der Waals surface area (Å²) < 4.78 is 86.1. The maximum Gasteiger partial charge on any atom is 1.00 e. The zero-order valence-electron chi connectivity index (χ0n) is 43.8. The average Bonchev–Trinajstić information content (AvgIpc) is 3.96. The van der Waals surface area contributed by atoms with Crippen molar-refractivity contribution in [3.63, 3.8) is 0 Å². The summed E-state index contributed by atoms with van der Waals surface area (Å²) in [6, 6.07) is -1.73. The number of aliphatic hydroxyl groups excluding tert-OH is 11. The van der Waals surface area contributed by atoms with Gasteiger partial charge in [0.1, 0.15) is 85.5 Å². The zero-order chi connectivity index (χ0) is 61.2. The van der Waals surface area contributed by atoms with Crippen molar-refractivity contribution in [1.82, 2.24) is 14.9 Å². The molecule has 1 amide bonds. The molecule has 0 spiro atoms. The summed E-state index contributed by atoms with van der Waals surface area (Å²) in [5.74, 6) is -6.75. The van der Waals surface area contributed by atoms with Crippen LogP contribution in [0.1, 0.15) is 57.2 Å². The molecule has 21 atom stereocenters. The monoisotopic (exact) mass is 1270 g/mol. The molecule has 1 aromatic rings. The molecule has 0 aliphatic carbocycles. The maximum absolute atomic E-state index is 12.8. The molecule has 4 saturated heterocycles. The molecule has 38 nitrogen and oxygen atoms in total. The largest absolute Gasteiger partial charge is 1.00 e. The Morgan fingerprint density at radius 3 is 2.13 bits per heavy atom. The minimum Gasteiger partial charge on any atom is -0.862 e. The first-order valence-corrected chi connectivity index (χ1v) is 29.2. The Hall–Kier alpha value is -2.48. The Morgan fingerprint density at radius 1 is 0.867 bits per heavy atom. The second-order valence-electron chi connectivity index (χ2n) is 18.9. The quantitative estimate of drug-likeness (QED) is 0.00884. The zero-order valence-corrected chi connectivity index (χ0v) is 48.5. The Balaban J connectivity index is 0.0000148. The van der Waals surface area contributed by atoms with Gasteiger partial charge in [-0.1, -0.05) is 12.8 Å². The van der Waals surface area contributed by atoms with Crippen molar-refractivity contribution in [2.45, 2.75) is 162 Å². The van der Waals surface area contributed by atoms with Crippen LogP contribution in [0.2, 0.25) is 0 Å². The van der Waals surface area contributed by atoms with Gasteiger partial charge in [-0.3, -0.25) is 28.7 Å². The number of aliphatic carboxylic acids is 1. The molecule has 18 N–H and O–H groups in total. The van der Waals surface area contributed by atoms with E-state index in [0.29, 0.717) is 25.7 Å². The number of amides is 1. The average molecular weight is 1270 g/mol. The van der Waals surface area contributed by atoms with Crippen molar-refractivity contribution in [3.8, 4) is 0 Å². The van der Waals surface area contributed by atoms with Crippen molar-refractivity contribution < 1.29 is 185 Å². The number of hydrogen-bond acceptors (Lipinski definition) is 30. The number of aromatic nitrogens is 2. The van der Waals surface area contributed by atoms with Gasteiger partial charge >= 0.3 is 64.7 Å². The van der Waals surface area contributed by atoms with E-state index in [2.05, 4.69) is 23.5 Å². The molecule has 0 bridgehead atoms. The van der Waals surface area contributed by atoms with E-state index in [0.717, 1.165) is 29.8 Å². The number of ether oxygens (including phenoxy) is 7. The van der Waals surface area contributed by atoms with E-state index in [1.165, 1.54) is 0 Å². The predicted octanol–water partition coefficient (Wildman–Crippen LogP) is -11.3. The van der Waals surface area contributed by atoms with Gasteiger partial charge in [0.25, 0.3) is 11.3 Å². The van der Waals surface area contributed by atoms with Gasteiger partial charge in [0.2, 0.25) is 5.91 Å². The fourth-order valence-corrected chi connectivity index (χ4v) is 11.8. The summed E-state index contributed by atoms with van der Waals surface area (Å²) >= 11 is 0. The summed E-state index contributed by atoms with van der Waals surface area (Å²) in [4.78, 5) is 92.5. The topological polar surface area (TPSA) is 604 Å². The molecular formula is C41H66N4NaO34P3. The van der Waals surface area contributed by atoms with Crippen LogP contribution in [0.5, 0.6) is 0 Å². The molecule has 0 radical (unpaired) electrons. The Bertz CT molecular complexity index is 2630. The van der Waals surface area contributed by atoms with Crippen LogP contribution in [-0.4, -0.2) is 258 Å². The van der Waals surface area contributed by atoms with Crippen molar-refractivity contribution in [2.75, 3.05) is 39.6 Å². The first-order valence-electron chi connectivity index (χ1n) is 24.7. The van der Waals surface area contributed by atoms with E-state index in [1.54, 1.807) is 0 Å². The maximum atomic E-state index is 12.8. The van der Waals surface area contributed by atoms with Crippen LogP contribution in [-0.2, 0) is 69.6 Å². The van der Waals surface area contributed by atoms with Crippen molar-refractivity contribution in [2.24, 2.45) is 4.99 Å². The first-order chi connectivity index (χ1) is 38.3. The number of aromatic amines is 1. The number of phosphoric acid groups is 3. The van der Waals surface area contributed by atoms with Crippen molar-refractivity contribution >= 4 is 47.3 Å². The Morgan fingerprint density at radius 2 is 1.52 bits per heavy atom. The van der Waals surface area contributed by atoms with Crippen molar-refractivity contribution in [1.29, 1.82) is 0 Å². The first kappa shape index (κ1) is 73.0. The molecule has 1 aromatic heterocycles.